The van der Waals surface area contributed by atoms with E-state index < -0.39 is 6.10 Å². The van der Waals surface area contributed by atoms with Gasteiger partial charge in [-0.2, -0.15) is 5.10 Å². The first kappa shape index (κ1) is 14.5. The fraction of sp³-hybridized carbons (Fsp3) is 0.467. The highest BCUT2D eigenvalue weighted by Gasteiger charge is 2.08. The number of benzene rings is 1. The summed E-state index contributed by atoms with van der Waals surface area (Å²) < 4.78 is 7.59. The topological polar surface area (TPSA) is 60.2 Å². The lowest BCUT2D eigenvalue weighted by molar-refractivity contribution is 0.198. The second kappa shape index (κ2) is 6.52. The zero-order valence-corrected chi connectivity index (χ0v) is 12.2. The predicted octanol–water partition coefficient (Wildman–Crippen LogP) is 2.57. The van der Waals surface area contributed by atoms with E-state index in [1.165, 1.54) is 0 Å². The van der Waals surface area contributed by atoms with Gasteiger partial charge in [-0.3, -0.25) is 0 Å². The van der Waals surface area contributed by atoms with E-state index in [1.807, 2.05) is 28.9 Å². The average molecular weight is 275 g/mol. The Morgan fingerprint density at radius 1 is 1.30 bits per heavy atom. The second-order valence-electron chi connectivity index (χ2n) is 5.29. The van der Waals surface area contributed by atoms with Crippen LogP contribution in [-0.4, -0.2) is 19.9 Å². The van der Waals surface area contributed by atoms with E-state index in [-0.39, 0.29) is 0 Å². The van der Waals surface area contributed by atoms with E-state index in [2.05, 4.69) is 23.9 Å². The van der Waals surface area contributed by atoms with E-state index in [9.17, 15) is 5.11 Å². The lowest BCUT2D eigenvalue weighted by Gasteiger charge is -2.11. The number of nitrogens with zero attached hydrogens (tertiary/aromatic N) is 3. The summed E-state index contributed by atoms with van der Waals surface area (Å²) in [5.74, 6) is 2.04. The molecule has 2 aromatic rings. The highest BCUT2D eigenvalue weighted by atomic mass is 16.5. The molecule has 5 heteroatoms. The molecule has 108 valence electrons. The fourth-order valence-corrected chi connectivity index (χ4v) is 1.91. The van der Waals surface area contributed by atoms with Gasteiger partial charge in [0.2, 0.25) is 0 Å². The molecule has 0 aliphatic rings. The SMILES string of the molecule is CC(C)Cn1ncnc1COc1cccc([C@@H](C)O)c1. The number of ether oxygens (including phenoxy) is 1. The van der Waals surface area contributed by atoms with Gasteiger partial charge in [0.1, 0.15) is 18.7 Å². The maximum atomic E-state index is 9.56. The molecular formula is C15H21N3O2. The van der Waals surface area contributed by atoms with Crippen LogP contribution in [0, 0.1) is 5.92 Å². The lowest BCUT2D eigenvalue weighted by atomic mass is 10.1. The third kappa shape index (κ3) is 3.81. The lowest BCUT2D eigenvalue weighted by Crippen LogP contribution is -2.12. The summed E-state index contributed by atoms with van der Waals surface area (Å²) in [7, 11) is 0. The number of aliphatic hydroxyl groups excluding tert-OH is 1. The molecule has 5 nitrogen and oxygen atoms in total. The third-order valence-electron chi connectivity index (χ3n) is 2.94. The van der Waals surface area contributed by atoms with Crippen LogP contribution in [0.1, 0.15) is 38.3 Å². The van der Waals surface area contributed by atoms with Crippen molar-refractivity contribution in [3.63, 3.8) is 0 Å². The van der Waals surface area contributed by atoms with Crippen molar-refractivity contribution in [3.8, 4) is 5.75 Å². The Labute approximate surface area is 119 Å². The molecule has 0 fully saturated rings. The van der Waals surface area contributed by atoms with Gasteiger partial charge in [-0.25, -0.2) is 9.67 Å². The van der Waals surface area contributed by atoms with Crippen LogP contribution in [0.3, 0.4) is 0 Å². The van der Waals surface area contributed by atoms with Gasteiger partial charge >= 0.3 is 0 Å². The monoisotopic (exact) mass is 275 g/mol. The largest absolute Gasteiger partial charge is 0.486 e. The molecule has 0 aliphatic heterocycles. The van der Waals surface area contributed by atoms with E-state index in [1.54, 1.807) is 13.3 Å². The first-order valence-electron chi connectivity index (χ1n) is 6.83. The summed E-state index contributed by atoms with van der Waals surface area (Å²) in [5.41, 5.74) is 0.839. The molecule has 0 unspecified atom stereocenters. The van der Waals surface area contributed by atoms with Crippen molar-refractivity contribution in [1.82, 2.24) is 14.8 Å². The number of hydrogen-bond donors (Lipinski definition) is 1. The van der Waals surface area contributed by atoms with Crippen LogP contribution in [0.15, 0.2) is 30.6 Å². The molecule has 1 aromatic carbocycles. The Bertz CT molecular complexity index is 550. The van der Waals surface area contributed by atoms with Gasteiger partial charge in [0.25, 0.3) is 0 Å². The Hall–Kier alpha value is -1.88. The van der Waals surface area contributed by atoms with Crippen molar-refractivity contribution in [1.29, 1.82) is 0 Å². The minimum Gasteiger partial charge on any atom is -0.486 e. The third-order valence-corrected chi connectivity index (χ3v) is 2.94. The smallest absolute Gasteiger partial charge is 0.164 e. The molecular weight excluding hydrogens is 254 g/mol. The van der Waals surface area contributed by atoms with Gasteiger partial charge in [-0.1, -0.05) is 26.0 Å². The number of rotatable bonds is 6. The van der Waals surface area contributed by atoms with Gasteiger partial charge < -0.3 is 9.84 Å². The Morgan fingerprint density at radius 3 is 2.80 bits per heavy atom. The van der Waals surface area contributed by atoms with Gasteiger partial charge in [-0.15, -0.1) is 0 Å². The van der Waals surface area contributed by atoms with E-state index in [0.29, 0.717) is 12.5 Å². The highest BCUT2D eigenvalue weighted by Crippen LogP contribution is 2.19. The van der Waals surface area contributed by atoms with Gasteiger partial charge in [0, 0.05) is 6.54 Å². The van der Waals surface area contributed by atoms with Crippen LogP contribution in [-0.2, 0) is 13.2 Å². The normalized spacial score (nSPS) is 12.7. The first-order chi connectivity index (χ1) is 9.56. The van der Waals surface area contributed by atoms with Crippen molar-refractivity contribution in [2.75, 3.05) is 0 Å². The van der Waals surface area contributed by atoms with Crippen molar-refractivity contribution in [2.24, 2.45) is 5.92 Å². The van der Waals surface area contributed by atoms with Gasteiger partial charge in [-0.05, 0) is 30.5 Å². The van der Waals surface area contributed by atoms with Gasteiger partial charge in [0.15, 0.2) is 5.82 Å². The molecule has 20 heavy (non-hydrogen) atoms. The summed E-state index contributed by atoms with van der Waals surface area (Å²) in [6.45, 7) is 7.21. The Balaban J connectivity index is 2.02. The minimum atomic E-state index is -0.497. The van der Waals surface area contributed by atoms with Crippen molar-refractivity contribution in [3.05, 3.63) is 42.0 Å². The molecule has 0 amide bonds. The van der Waals surface area contributed by atoms with E-state index in [0.717, 1.165) is 23.7 Å². The van der Waals surface area contributed by atoms with Crippen molar-refractivity contribution >= 4 is 0 Å². The number of hydrogen-bond acceptors (Lipinski definition) is 4. The van der Waals surface area contributed by atoms with Crippen LogP contribution >= 0.6 is 0 Å². The molecule has 0 saturated heterocycles. The first-order valence-corrected chi connectivity index (χ1v) is 6.83. The van der Waals surface area contributed by atoms with E-state index >= 15 is 0 Å². The van der Waals surface area contributed by atoms with Crippen LogP contribution < -0.4 is 4.74 Å². The number of aromatic nitrogens is 3. The van der Waals surface area contributed by atoms with Crippen molar-refractivity contribution < 1.29 is 9.84 Å². The maximum Gasteiger partial charge on any atom is 0.164 e. The Morgan fingerprint density at radius 2 is 2.10 bits per heavy atom. The van der Waals surface area contributed by atoms with Crippen LogP contribution in [0.25, 0.3) is 0 Å². The molecule has 0 aliphatic carbocycles. The molecule has 1 heterocycles. The van der Waals surface area contributed by atoms with Crippen molar-refractivity contribution in [2.45, 2.75) is 40.0 Å². The minimum absolute atomic E-state index is 0.371. The molecule has 1 atom stereocenters. The molecule has 2 rings (SSSR count). The zero-order chi connectivity index (χ0) is 14.5. The summed E-state index contributed by atoms with van der Waals surface area (Å²) in [6, 6.07) is 7.46. The van der Waals surface area contributed by atoms with Crippen LogP contribution in [0.2, 0.25) is 0 Å². The molecule has 0 bridgehead atoms. The maximum absolute atomic E-state index is 9.56. The van der Waals surface area contributed by atoms with E-state index in [4.69, 9.17) is 4.74 Å². The van der Waals surface area contributed by atoms with Gasteiger partial charge in [0.05, 0.1) is 6.10 Å². The summed E-state index contributed by atoms with van der Waals surface area (Å²) in [4.78, 5) is 4.22. The Kier molecular flexibility index (Phi) is 4.74. The second-order valence-corrected chi connectivity index (χ2v) is 5.29. The number of aliphatic hydroxyl groups is 1. The van der Waals surface area contributed by atoms with Crippen LogP contribution in [0.4, 0.5) is 0 Å². The molecule has 0 radical (unpaired) electrons. The molecule has 1 aromatic heterocycles. The standard InChI is InChI=1S/C15H21N3O2/c1-11(2)8-18-15(16-10-17-18)9-20-14-6-4-5-13(7-14)12(3)19/h4-7,10-12,19H,8-9H2,1-3H3/t12-/m1/s1. The highest BCUT2D eigenvalue weighted by molar-refractivity contribution is 5.29. The fourth-order valence-electron chi connectivity index (χ4n) is 1.91. The molecule has 1 N–H and O–H groups in total. The average Bonchev–Trinajstić information content (AvgIpc) is 2.83. The molecule has 0 spiro atoms. The molecule has 0 saturated carbocycles. The quantitative estimate of drug-likeness (QED) is 0.880. The predicted molar refractivity (Wildman–Crippen MR) is 76.3 cm³/mol. The summed E-state index contributed by atoms with van der Waals surface area (Å²) >= 11 is 0. The summed E-state index contributed by atoms with van der Waals surface area (Å²) in [5, 5.41) is 13.8. The van der Waals surface area contributed by atoms with Crippen LogP contribution in [0.5, 0.6) is 5.75 Å². The zero-order valence-electron chi connectivity index (χ0n) is 12.2. The summed E-state index contributed by atoms with van der Waals surface area (Å²) in [6.07, 6.45) is 1.05.